The van der Waals surface area contributed by atoms with Gasteiger partial charge in [-0.3, -0.25) is 4.79 Å². The molecule has 0 radical (unpaired) electrons. The largest absolute Gasteiger partial charge is 0.480 e. The van der Waals surface area contributed by atoms with Crippen LogP contribution < -0.4 is 5.32 Å². The first-order chi connectivity index (χ1) is 16.5. The molecule has 0 fully saturated rings. The highest BCUT2D eigenvalue weighted by Crippen LogP contribution is 2.39. The van der Waals surface area contributed by atoms with E-state index in [2.05, 4.69) is 5.32 Å². The van der Waals surface area contributed by atoms with Crippen LogP contribution in [0.2, 0.25) is 0 Å². The Morgan fingerprint density at radius 2 is 1.12 bits per heavy atom. The van der Waals surface area contributed by atoms with Crippen molar-refractivity contribution in [1.82, 2.24) is 5.32 Å². The highest BCUT2D eigenvalue weighted by Gasteiger charge is 2.45. The van der Waals surface area contributed by atoms with Crippen molar-refractivity contribution in [3.8, 4) is 0 Å². The minimum atomic E-state index is -1.28. The molecule has 4 nitrogen and oxygen atoms in total. The Morgan fingerprint density at radius 3 is 1.50 bits per heavy atom. The van der Waals surface area contributed by atoms with Gasteiger partial charge in [-0.25, -0.2) is 9.18 Å². The molecule has 0 unspecified atom stereocenters. The van der Waals surface area contributed by atoms with Crippen LogP contribution in [0.15, 0.2) is 115 Å². The van der Waals surface area contributed by atoms with Crippen molar-refractivity contribution in [3.63, 3.8) is 0 Å². The second kappa shape index (κ2) is 10.1. The molecular weight excluding hydrogens is 429 g/mol. The predicted molar refractivity (Wildman–Crippen MR) is 129 cm³/mol. The van der Waals surface area contributed by atoms with Crippen molar-refractivity contribution in [3.05, 3.63) is 143 Å². The summed E-state index contributed by atoms with van der Waals surface area (Å²) in [5.74, 6) is -2.03. The fourth-order valence-electron chi connectivity index (χ4n) is 4.28. The van der Waals surface area contributed by atoms with Crippen LogP contribution in [0.25, 0.3) is 0 Å². The number of aliphatic carboxylic acids is 1. The molecule has 0 spiro atoms. The average Bonchev–Trinajstić information content (AvgIpc) is 2.87. The molecule has 0 bridgehead atoms. The molecule has 1 atom stereocenters. The fraction of sp³-hybridized carbons (Fsp3) is 0.103. The van der Waals surface area contributed by atoms with Crippen molar-refractivity contribution < 1.29 is 19.1 Å². The van der Waals surface area contributed by atoms with Gasteiger partial charge in [0.05, 0.1) is 0 Å². The summed E-state index contributed by atoms with van der Waals surface area (Å²) in [5, 5.41) is 12.7. The standard InChI is InChI=1S/C29H24FNO3/c30-25-18-16-21(17-19-25)20-26(27(32)33)31-28(34)29(22-10-4-1-5-11-22,23-12-6-2-7-13-23)24-14-8-3-9-15-24/h1-19,26H,20H2,(H,31,34)(H,32,33)/t26-/m0/s1. The molecule has 0 heterocycles. The van der Waals surface area contributed by atoms with Gasteiger partial charge in [0, 0.05) is 6.42 Å². The predicted octanol–water partition coefficient (Wildman–Crippen LogP) is 4.97. The number of carbonyl (C=O) groups is 2. The first-order valence-corrected chi connectivity index (χ1v) is 11.0. The zero-order chi connectivity index (χ0) is 24.0. The van der Waals surface area contributed by atoms with Gasteiger partial charge in [0.1, 0.15) is 17.3 Å². The van der Waals surface area contributed by atoms with Crippen molar-refractivity contribution in [2.24, 2.45) is 0 Å². The summed E-state index contributed by atoms with van der Waals surface area (Å²) in [5.41, 5.74) is 1.49. The molecule has 5 heteroatoms. The second-order valence-corrected chi connectivity index (χ2v) is 8.04. The summed E-state index contributed by atoms with van der Waals surface area (Å²) >= 11 is 0. The van der Waals surface area contributed by atoms with Gasteiger partial charge in [-0.15, -0.1) is 0 Å². The summed E-state index contributed by atoms with van der Waals surface area (Å²) in [6, 6.07) is 32.4. The topological polar surface area (TPSA) is 66.4 Å². The number of rotatable bonds is 8. The van der Waals surface area contributed by atoms with Gasteiger partial charge in [0.15, 0.2) is 0 Å². The number of halogens is 1. The van der Waals surface area contributed by atoms with E-state index in [1.54, 1.807) is 0 Å². The van der Waals surface area contributed by atoms with Crippen LogP contribution in [-0.2, 0) is 21.4 Å². The molecule has 4 aromatic carbocycles. The lowest BCUT2D eigenvalue weighted by Gasteiger charge is -2.35. The van der Waals surface area contributed by atoms with Crippen LogP contribution in [0.5, 0.6) is 0 Å². The van der Waals surface area contributed by atoms with E-state index in [0.717, 1.165) is 16.7 Å². The molecule has 4 aromatic rings. The lowest BCUT2D eigenvalue weighted by Crippen LogP contribution is -2.52. The second-order valence-electron chi connectivity index (χ2n) is 8.04. The van der Waals surface area contributed by atoms with Crippen molar-refractivity contribution in [2.75, 3.05) is 0 Å². The number of benzene rings is 4. The van der Waals surface area contributed by atoms with E-state index in [9.17, 15) is 19.1 Å². The number of carboxylic acids is 1. The molecular formula is C29H24FNO3. The Morgan fingerprint density at radius 1 is 0.706 bits per heavy atom. The maximum Gasteiger partial charge on any atom is 0.326 e. The highest BCUT2D eigenvalue weighted by molar-refractivity contribution is 5.98. The van der Waals surface area contributed by atoms with E-state index >= 15 is 0 Å². The quantitative estimate of drug-likeness (QED) is 0.370. The summed E-state index contributed by atoms with van der Waals surface area (Å²) in [6.45, 7) is 0. The molecule has 0 aromatic heterocycles. The van der Waals surface area contributed by atoms with E-state index in [1.807, 2.05) is 91.0 Å². The van der Waals surface area contributed by atoms with Crippen LogP contribution in [-0.4, -0.2) is 23.0 Å². The Kier molecular flexibility index (Phi) is 6.83. The first-order valence-electron chi connectivity index (χ1n) is 11.0. The molecule has 0 saturated heterocycles. The van der Waals surface area contributed by atoms with E-state index in [-0.39, 0.29) is 6.42 Å². The maximum absolute atomic E-state index is 14.2. The zero-order valence-electron chi connectivity index (χ0n) is 18.4. The Labute approximate surface area is 197 Å². The average molecular weight is 454 g/mol. The Hall–Kier alpha value is -4.25. The monoisotopic (exact) mass is 453 g/mol. The van der Waals surface area contributed by atoms with Gasteiger partial charge in [-0.05, 0) is 34.4 Å². The summed E-state index contributed by atoms with van der Waals surface area (Å²) in [4.78, 5) is 26.3. The fourth-order valence-corrected chi connectivity index (χ4v) is 4.28. The van der Waals surface area contributed by atoms with Crippen molar-refractivity contribution in [1.29, 1.82) is 0 Å². The van der Waals surface area contributed by atoms with E-state index in [4.69, 9.17) is 0 Å². The van der Waals surface area contributed by atoms with Crippen LogP contribution in [0.4, 0.5) is 4.39 Å². The van der Waals surface area contributed by atoms with Gasteiger partial charge >= 0.3 is 5.97 Å². The third-order valence-electron chi connectivity index (χ3n) is 5.92. The molecule has 1 amide bonds. The summed E-state index contributed by atoms with van der Waals surface area (Å²) < 4.78 is 13.3. The van der Waals surface area contributed by atoms with Gasteiger partial charge < -0.3 is 10.4 Å². The molecule has 34 heavy (non-hydrogen) atoms. The molecule has 0 saturated carbocycles. The number of nitrogens with one attached hydrogen (secondary N) is 1. The number of hydrogen-bond donors (Lipinski definition) is 2. The smallest absolute Gasteiger partial charge is 0.326 e. The van der Waals surface area contributed by atoms with E-state index in [0.29, 0.717) is 5.56 Å². The van der Waals surface area contributed by atoms with E-state index < -0.39 is 29.2 Å². The maximum atomic E-state index is 14.2. The van der Waals surface area contributed by atoms with Crippen LogP contribution >= 0.6 is 0 Å². The van der Waals surface area contributed by atoms with Gasteiger partial charge in [-0.2, -0.15) is 0 Å². The minimum absolute atomic E-state index is 0.0236. The number of hydrogen-bond acceptors (Lipinski definition) is 2. The van der Waals surface area contributed by atoms with Crippen molar-refractivity contribution in [2.45, 2.75) is 17.9 Å². The summed E-state index contributed by atoms with van der Waals surface area (Å²) in [6.07, 6.45) is 0.0236. The van der Waals surface area contributed by atoms with Gasteiger partial charge in [-0.1, -0.05) is 103 Å². The van der Waals surface area contributed by atoms with E-state index in [1.165, 1.54) is 24.3 Å². The molecule has 2 N–H and O–H groups in total. The SMILES string of the molecule is O=C(O)[C@H](Cc1ccc(F)cc1)NC(=O)C(c1ccccc1)(c1ccccc1)c1ccccc1. The number of carbonyl (C=O) groups excluding carboxylic acids is 1. The Balaban J connectivity index is 1.83. The normalized spacial score (nSPS) is 12.0. The third kappa shape index (κ3) is 4.59. The van der Waals surface area contributed by atoms with Crippen LogP contribution in [0, 0.1) is 5.82 Å². The molecule has 0 aliphatic rings. The lowest BCUT2D eigenvalue weighted by atomic mass is 9.68. The number of carboxylic acid groups (broad SMARTS) is 1. The summed E-state index contributed by atoms with van der Waals surface area (Å²) in [7, 11) is 0. The van der Waals surface area contributed by atoms with Crippen LogP contribution in [0.3, 0.4) is 0 Å². The zero-order valence-corrected chi connectivity index (χ0v) is 18.4. The van der Waals surface area contributed by atoms with Crippen LogP contribution in [0.1, 0.15) is 22.3 Å². The van der Waals surface area contributed by atoms with Gasteiger partial charge in [0.25, 0.3) is 0 Å². The first kappa shape index (κ1) is 22.9. The minimum Gasteiger partial charge on any atom is -0.480 e. The lowest BCUT2D eigenvalue weighted by molar-refractivity contribution is -0.142. The molecule has 4 rings (SSSR count). The molecule has 170 valence electrons. The highest BCUT2D eigenvalue weighted by atomic mass is 19.1. The Bertz CT molecular complexity index is 1150. The number of amides is 1. The van der Waals surface area contributed by atoms with Crippen molar-refractivity contribution >= 4 is 11.9 Å². The van der Waals surface area contributed by atoms with Gasteiger partial charge in [0.2, 0.25) is 5.91 Å². The molecule has 0 aliphatic carbocycles. The molecule has 0 aliphatic heterocycles. The third-order valence-corrected chi connectivity index (χ3v) is 5.92.